The zero-order valence-electron chi connectivity index (χ0n) is 27.8. The Balaban J connectivity index is 2.21. The highest BCUT2D eigenvalue weighted by atomic mass is 19.4. The van der Waals surface area contributed by atoms with Crippen molar-refractivity contribution in [2.45, 2.75) is 83.1 Å². The normalized spacial score (nSPS) is 14.1. The Bertz CT molecular complexity index is 1680. The second-order valence-electron chi connectivity index (χ2n) is 12.1. The molecule has 0 aromatic heterocycles. The molecule has 3 rings (SSSR count). The van der Waals surface area contributed by atoms with Crippen molar-refractivity contribution >= 4 is 5.97 Å². The average molecular weight is 764 g/mol. The fourth-order valence-corrected chi connectivity index (χ4v) is 5.45. The number of aliphatic hydroxyl groups excluding tert-OH is 1. The summed E-state index contributed by atoms with van der Waals surface area (Å²) in [6.07, 6.45) is -23.1. The monoisotopic (exact) mass is 763 g/mol. The number of benzene rings is 3. The lowest BCUT2D eigenvalue weighted by Gasteiger charge is -2.36. The third-order valence-corrected chi connectivity index (χ3v) is 8.07. The molecule has 2 atom stereocenters. The van der Waals surface area contributed by atoms with E-state index in [1.54, 1.807) is 0 Å². The van der Waals surface area contributed by atoms with Gasteiger partial charge in [-0.3, -0.25) is 9.69 Å². The minimum Gasteiger partial charge on any atom is -0.496 e. The van der Waals surface area contributed by atoms with Crippen LogP contribution in [0.3, 0.4) is 0 Å². The van der Waals surface area contributed by atoms with Crippen LogP contribution in [0.25, 0.3) is 11.1 Å². The van der Waals surface area contributed by atoms with Crippen molar-refractivity contribution in [3.63, 3.8) is 0 Å². The van der Waals surface area contributed by atoms with Crippen LogP contribution >= 0.6 is 0 Å². The summed E-state index contributed by atoms with van der Waals surface area (Å²) < 4.78 is 176. The van der Waals surface area contributed by atoms with Gasteiger partial charge in [-0.2, -0.15) is 52.7 Å². The van der Waals surface area contributed by atoms with Gasteiger partial charge >= 0.3 is 30.7 Å². The summed E-state index contributed by atoms with van der Waals surface area (Å²) in [5, 5.41) is 20.0. The molecule has 0 radical (unpaired) electrons. The standard InChI is InChI=1S/C34H33F12NO5/c1-17(2)47(18(3)30(50)19-10-22(32(38,39)40)13-23(11-19)33(41,42)43)16-20-12-21(31(35,36)37)7-8-24(20)25-14-28(52-9-5-6-29(48)49)26(34(44,45)46)15-27(25)51-4/h7-8,10-15,17-18,30,50H,5-6,9,16H2,1-4H3,(H,48,49). The molecule has 0 bridgehead atoms. The molecule has 18 heteroatoms. The molecule has 2 unspecified atom stereocenters. The van der Waals surface area contributed by atoms with Crippen LogP contribution in [-0.2, 0) is 36.0 Å². The molecule has 3 aromatic carbocycles. The van der Waals surface area contributed by atoms with Crippen molar-refractivity contribution in [3.8, 4) is 22.6 Å². The van der Waals surface area contributed by atoms with E-state index < -0.39 is 108 Å². The maximum absolute atomic E-state index is 14.0. The second-order valence-corrected chi connectivity index (χ2v) is 12.1. The van der Waals surface area contributed by atoms with Gasteiger partial charge in [-0.15, -0.1) is 0 Å². The average Bonchev–Trinajstić information content (AvgIpc) is 3.02. The molecule has 0 heterocycles. The summed E-state index contributed by atoms with van der Waals surface area (Å²) in [7, 11) is 0.999. The maximum Gasteiger partial charge on any atom is 0.420 e. The minimum atomic E-state index is -5.23. The second kappa shape index (κ2) is 15.8. The predicted molar refractivity (Wildman–Crippen MR) is 162 cm³/mol. The van der Waals surface area contributed by atoms with Gasteiger partial charge in [0.1, 0.15) is 17.1 Å². The van der Waals surface area contributed by atoms with Gasteiger partial charge in [0.2, 0.25) is 0 Å². The number of ether oxygens (including phenoxy) is 2. The van der Waals surface area contributed by atoms with Crippen LogP contribution in [0.1, 0.15) is 73.1 Å². The lowest BCUT2D eigenvalue weighted by molar-refractivity contribution is -0.143. The van der Waals surface area contributed by atoms with Crippen LogP contribution in [0.2, 0.25) is 0 Å². The summed E-state index contributed by atoms with van der Waals surface area (Å²) in [5.41, 5.74) is -7.26. The van der Waals surface area contributed by atoms with Crippen molar-refractivity contribution in [2.75, 3.05) is 13.7 Å². The van der Waals surface area contributed by atoms with E-state index in [1.807, 2.05) is 0 Å². The SMILES string of the molecule is COc1cc(C(F)(F)F)c(OCCCC(=O)O)cc1-c1ccc(C(F)(F)F)cc1CN(C(C)C)C(C)C(O)c1cc(C(F)(F)F)cc(C(F)(F)F)c1. The molecule has 0 spiro atoms. The number of hydrogen-bond acceptors (Lipinski definition) is 5. The van der Waals surface area contributed by atoms with E-state index in [0.717, 1.165) is 19.2 Å². The zero-order valence-corrected chi connectivity index (χ0v) is 27.8. The zero-order chi connectivity index (χ0) is 39.6. The van der Waals surface area contributed by atoms with Gasteiger partial charge in [-0.25, -0.2) is 0 Å². The van der Waals surface area contributed by atoms with Gasteiger partial charge in [0.15, 0.2) is 0 Å². The van der Waals surface area contributed by atoms with E-state index in [4.69, 9.17) is 14.6 Å². The smallest absolute Gasteiger partial charge is 0.420 e. The summed E-state index contributed by atoms with van der Waals surface area (Å²) in [4.78, 5) is 12.2. The van der Waals surface area contributed by atoms with Gasteiger partial charge in [-0.05, 0) is 86.3 Å². The van der Waals surface area contributed by atoms with E-state index in [0.29, 0.717) is 30.3 Å². The molecule has 0 aliphatic rings. The van der Waals surface area contributed by atoms with Gasteiger partial charge in [0.05, 0.1) is 36.5 Å². The Hall–Kier alpha value is -4.19. The highest BCUT2D eigenvalue weighted by Crippen LogP contribution is 2.46. The van der Waals surface area contributed by atoms with Crippen molar-refractivity contribution < 1.29 is 77.2 Å². The topological polar surface area (TPSA) is 79.2 Å². The Morgan fingerprint density at radius 2 is 1.29 bits per heavy atom. The molecule has 0 saturated carbocycles. The highest BCUT2D eigenvalue weighted by Gasteiger charge is 2.40. The number of carbonyl (C=O) groups is 1. The van der Waals surface area contributed by atoms with Gasteiger partial charge in [0, 0.05) is 30.6 Å². The molecule has 3 aromatic rings. The van der Waals surface area contributed by atoms with E-state index in [-0.39, 0.29) is 29.2 Å². The molecular formula is C34H33F12NO5. The number of methoxy groups -OCH3 is 1. The first-order valence-corrected chi connectivity index (χ1v) is 15.3. The van der Waals surface area contributed by atoms with Gasteiger partial charge in [-0.1, -0.05) is 6.07 Å². The Kier molecular flexibility index (Phi) is 12.8. The van der Waals surface area contributed by atoms with Crippen molar-refractivity contribution in [1.82, 2.24) is 4.90 Å². The first kappa shape index (κ1) is 42.2. The van der Waals surface area contributed by atoms with Crippen LogP contribution < -0.4 is 9.47 Å². The number of carboxylic acids is 1. The van der Waals surface area contributed by atoms with E-state index in [2.05, 4.69) is 0 Å². The fourth-order valence-electron chi connectivity index (χ4n) is 5.45. The summed E-state index contributed by atoms with van der Waals surface area (Å²) >= 11 is 0. The molecule has 52 heavy (non-hydrogen) atoms. The molecule has 0 aliphatic heterocycles. The molecule has 2 N–H and O–H groups in total. The molecule has 6 nitrogen and oxygen atoms in total. The third kappa shape index (κ3) is 10.5. The van der Waals surface area contributed by atoms with Crippen molar-refractivity contribution in [2.24, 2.45) is 0 Å². The Morgan fingerprint density at radius 1 is 0.731 bits per heavy atom. The van der Waals surface area contributed by atoms with E-state index >= 15 is 0 Å². The molecule has 0 fully saturated rings. The molecule has 0 aliphatic carbocycles. The van der Waals surface area contributed by atoms with Crippen LogP contribution in [0.4, 0.5) is 52.7 Å². The van der Waals surface area contributed by atoms with Crippen LogP contribution in [0, 0.1) is 0 Å². The van der Waals surface area contributed by atoms with Crippen molar-refractivity contribution in [1.29, 1.82) is 0 Å². The number of halogens is 12. The van der Waals surface area contributed by atoms with Crippen LogP contribution in [0.15, 0.2) is 48.5 Å². The number of aliphatic hydroxyl groups is 1. The Morgan fingerprint density at radius 3 is 1.75 bits per heavy atom. The minimum absolute atomic E-state index is 0.125. The van der Waals surface area contributed by atoms with E-state index in [1.165, 1.54) is 25.7 Å². The van der Waals surface area contributed by atoms with E-state index in [9.17, 15) is 62.6 Å². The number of hydrogen-bond donors (Lipinski definition) is 2. The number of alkyl halides is 12. The summed E-state index contributed by atoms with van der Waals surface area (Å²) in [6, 6.07) is 2.10. The number of carboxylic acid groups (broad SMARTS) is 1. The van der Waals surface area contributed by atoms with Gasteiger partial charge in [0.25, 0.3) is 0 Å². The fraction of sp³-hybridized carbons (Fsp3) is 0.441. The number of nitrogens with zero attached hydrogens (tertiary/aromatic N) is 1. The van der Waals surface area contributed by atoms with Crippen molar-refractivity contribution in [3.05, 3.63) is 81.9 Å². The summed E-state index contributed by atoms with van der Waals surface area (Å²) in [5.74, 6) is -2.50. The number of aliphatic carboxylic acids is 1. The molecule has 0 amide bonds. The maximum atomic E-state index is 14.0. The first-order chi connectivity index (χ1) is 23.7. The highest BCUT2D eigenvalue weighted by molar-refractivity contribution is 5.76. The van der Waals surface area contributed by atoms with Crippen LogP contribution in [0.5, 0.6) is 11.5 Å². The van der Waals surface area contributed by atoms with Crippen LogP contribution in [-0.4, -0.2) is 46.9 Å². The number of rotatable bonds is 13. The third-order valence-electron chi connectivity index (χ3n) is 8.07. The Labute approximate surface area is 289 Å². The summed E-state index contributed by atoms with van der Waals surface area (Å²) in [6.45, 7) is 3.17. The first-order valence-electron chi connectivity index (χ1n) is 15.3. The quantitative estimate of drug-likeness (QED) is 0.133. The molecular weight excluding hydrogens is 730 g/mol. The predicted octanol–water partition coefficient (Wildman–Crippen LogP) is 10.0. The lowest BCUT2D eigenvalue weighted by Crippen LogP contribution is -2.42. The molecule has 0 saturated heterocycles. The largest absolute Gasteiger partial charge is 0.496 e. The molecule has 288 valence electrons. The van der Waals surface area contributed by atoms with Gasteiger partial charge < -0.3 is 19.7 Å². The lowest BCUT2D eigenvalue weighted by atomic mass is 9.92.